The van der Waals surface area contributed by atoms with Crippen molar-refractivity contribution < 1.29 is 12.9 Å². The van der Waals surface area contributed by atoms with Crippen molar-refractivity contribution in [3.05, 3.63) is 46.5 Å². The molecule has 0 aromatic heterocycles. The Morgan fingerprint density at radius 1 is 1.62 bits per heavy atom. The molecule has 0 spiro atoms. The zero-order valence-electron chi connectivity index (χ0n) is 11.0. The van der Waals surface area contributed by atoms with Crippen LogP contribution in [0, 0.1) is 10.1 Å². The first kappa shape index (κ1) is 9.35. The van der Waals surface area contributed by atoms with Gasteiger partial charge in [0.15, 0.2) is 0 Å². The van der Waals surface area contributed by atoms with E-state index in [1.807, 2.05) is 0 Å². The lowest BCUT2D eigenvalue weighted by atomic mass is 10.1. The maximum absolute atomic E-state index is 10.5. The summed E-state index contributed by atoms with van der Waals surface area (Å²) in [7, 11) is 0. The Labute approximate surface area is 96.5 Å². The van der Waals surface area contributed by atoms with Crippen LogP contribution in [0.4, 0.5) is 11.4 Å². The van der Waals surface area contributed by atoms with E-state index in [1.165, 1.54) is 24.3 Å². The Bertz CT molecular complexity index is 470. The number of nitro benzene ring substituents is 1. The van der Waals surface area contributed by atoms with Crippen LogP contribution in [0.5, 0.6) is 0 Å². The molecule has 16 heavy (non-hydrogen) atoms. The molecule has 1 atom stereocenters. The van der Waals surface area contributed by atoms with Gasteiger partial charge in [-0.15, -0.1) is 0 Å². The van der Waals surface area contributed by atoms with Crippen molar-refractivity contribution in [1.82, 2.24) is 0 Å². The molecular formula is C11H14N2O3. The summed E-state index contributed by atoms with van der Waals surface area (Å²) in [5, 5.41) is 21.3. The monoisotopic (exact) mass is 224 g/mol. The molecule has 1 aromatic rings. The molecule has 0 radical (unpaired) electrons. The second kappa shape index (κ2) is 4.76. The van der Waals surface area contributed by atoms with Crippen molar-refractivity contribution in [2.24, 2.45) is 0 Å². The zero-order valence-corrected chi connectivity index (χ0v) is 9.04. The van der Waals surface area contributed by atoms with E-state index in [2.05, 4.69) is 0 Å². The third kappa shape index (κ3) is 2.58. The van der Waals surface area contributed by atoms with Crippen LogP contribution in [0.3, 0.4) is 0 Å². The van der Waals surface area contributed by atoms with Gasteiger partial charge in [-0.05, 0) is 26.0 Å². The third-order valence-corrected chi connectivity index (χ3v) is 2.32. The van der Waals surface area contributed by atoms with Crippen molar-refractivity contribution in [3.8, 4) is 0 Å². The highest BCUT2D eigenvalue weighted by atomic mass is 16.6. The van der Waals surface area contributed by atoms with Gasteiger partial charge in [0.1, 0.15) is 0 Å². The van der Waals surface area contributed by atoms with Crippen LogP contribution in [0.25, 0.3) is 0 Å². The van der Waals surface area contributed by atoms with Crippen molar-refractivity contribution >= 4 is 11.4 Å². The van der Waals surface area contributed by atoms with E-state index in [-0.39, 0.29) is 12.2 Å². The molecular weight excluding hydrogens is 208 g/mol. The maximum atomic E-state index is 10.5. The van der Waals surface area contributed by atoms with Gasteiger partial charge in [-0.3, -0.25) is 20.4 Å². The van der Waals surface area contributed by atoms with Crippen LogP contribution in [-0.2, 0) is 0 Å². The summed E-state index contributed by atoms with van der Waals surface area (Å²) in [6.45, 7) is 2.86. The molecule has 0 aliphatic heterocycles. The molecule has 1 aromatic carbocycles. The lowest BCUT2D eigenvalue weighted by molar-refractivity contribution is -0.384. The van der Waals surface area contributed by atoms with Gasteiger partial charge in [0.25, 0.3) is 5.69 Å². The Hall–Kier alpha value is -1.88. The van der Waals surface area contributed by atoms with E-state index >= 15 is 0 Å². The first-order chi connectivity index (χ1) is 8.34. The van der Waals surface area contributed by atoms with Crippen LogP contribution in [0.2, 0.25) is 0 Å². The Morgan fingerprint density at radius 3 is 2.62 bits per heavy atom. The number of anilines is 1. The summed E-state index contributed by atoms with van der Waals surface area (Å²) in [6, 6.07) is 4.85. The van der Waals surface area contributed by atoms with E-state index < -0.39 is 11.0 Å². The van der Waals surface area contributed by atoms with Gasteiger partial charge in [0.2, 0.25) is 0 Å². The molecule has 0 aliphatic carbocycles. The van der Waals surface area contributed by atoms with E-state index in [9.17, 15) is 15.3 Å². The van der Waals surface area contributed by atoms with Crippen LogP contribution in [-0.4, -0.2) is 16.2 Å². The topological polar surface area (TPSA) is 66.6 Å². The zero-order chi connectivity index (χ0) is 13.9. The minimum absolute atomic E-state index is 0.0614. The largest absolute Gasteiger partial charge is 0.288 e. The van der Waals surface area contributed by atoms with Gasteiger partial charge < -0.3 is 0 Å². The molecule has 0 saturated heterocycles. The molecule has 0 bridgehead atoms. The Kier molecular flexibility index (Phi) is 2.78. The first-order valence-electron chi connectivity index (χ1n) is 5.71. The lowest BCUT2D eigenvalue weighted by Gasteiger charge is -2.24. The van der Waals surface area contributed by atoms with Crippen LogP contribution < -0.4 is 5.06 Å². The molecule has 1 rings (SSSR count). The number of rotatable bonds is 4. The number of nitro groups is 1. The molecule has 0 aliphatic rings. The predicted octanol–water partition coefficient (Wildman–Crippen LogP) is 2.76. The normalized spacial score (nSPS) is 13.4. The summed E-state index contributed by atoms with van der Waals surface area (Å²) in [6.07, 6.45) is 0. The number of non-ortho nitro benzene ring substituents is 1. The first-order valence-corrected chi connectivity index (χ1v) is 4.71. The average molecular weight is 224 g/mol. The van der Waals surface area contributed by atoms with Crippen LogP contribution in [0.15, 0.2) is 36.4 Å². The highest BCUT2D eigenvalue weighted by Gasteiger charge is 2.13. The quantitative estimate of drug-likeness (QED) is 0.485. The van der Waals surface area contributed by atoms with E-state index in [0.717, 1.165) is 5.06 Å². The summed E-state index contributed by atoms with van der Waals surface area (Å²) in [5.74, 6) is 0. The highest BCUT2D eigenvalue weighted by Crippen LogP contribution is 2.21. The smallest absolute Gasteiger partial charge is 0.269 e. The lowest BCUT2D eigenvalue weighted by Crippen LogP contribution is -2.29. The molecule has 86 valence electrons. The summed E-state index contributed by atoms with van der Waals surface area (Å²) in [5.41, 5.74) is 0.707. The molecule has 0 saturated carbocycles. The van der Waals surface area contributed by atoms with Crippen LogP contribution >= 0.6 is 0 Å². The molecule has 5 nitrogen and oxygen atoms in total. The Balaban J connectivity index is 2.94. The predicted molar refractivity (Wildman–Crippen MR) is 61.6 cm³/mol. The minimum atomic E-state index is -0.545. The fourth-order valence-corrected chi connectivity index (χ4v) is 1.13. The fourth-order valence-electron chi connectivity index (χ4n) is 1.13. The van der Waals surface area contributed by atoms with Crippen molar-refractivity contribution in [2.45, 2.75) is 19.9 Å². The third-order valence-electron chi connectivity index (χ3n) is 2.32. The highest BCUT2D eigenvalue weighted by molar-refractivity contribution is 5.50. The van der Waals surface area contributed by atoms with Gasteiger partial charge in [0.05, 0.1) is 19.4 Å². The van der Waals surface area contributed by atoms with Gasteiger partial charge >= 0.3 is 0 Å². The second-order valence-electron chi connectivity index (χ2n) is 3.48. The van der Waals surface area contributed by atoms with E-state index in [0.29, 0.717) is 11.3 Å². The van der Waals surface area contributed by atoms with Gasteiger partial charge in [0, 0.05) is 12.1 Å². The van der Waals surface area contributed by atoms with E-state index in [1.54, 1.807) is 13.8 Å². The summed E-state index contributed by atoms with van der Waals surface area (Å²) < 4.78 is 14.4. The average Bonchev–Trinajstić information content (AvgIpc) is 2.36. The number of benzene rings is 1. The molecule has 1 unspecified atom stereocenters. The number of nitrogens with zero attached hydrogens (tertiary/aromatic N) is 2. The van der Waals surface area contributed by atoms with Crippen molar-refractivity contribution in [1.29, 1.82) is 0 Å². The van der Waals surface area contributed by atoms with Crippen molar-refractivity contribution in [2.75, 3.05) is 5.06 Å². The van der Waals surface area contributed by atoms with Gasteiger partial charge in [-0.25, -0.2) is 0 Å². The SMILES string of the molecule is [2H]C([2H])=C(C)C(C)N(O)c1ccc([N+](=O)[O-])cc1. The van der Waals surface area contributed by atoms with Gasteiger partial charge in [-0.2, -0.15) is 0 Å². The number of hydrogen-bond acceptors (Lipinski definition) is 4. The fraction of sp³-hybridized carbons (Fsp3) is 0.273. The number of hydrogen-bond donors (Lipinski definition) is 1. The molecule has 0 fully saturated rings. The molecule has 1 N–H and O–H groups in total. The molecule has 0 amide bonds. The van der Waals surface area contributed by atoms with Crippen molar-refractivity contribution in [3.63, 3.8) is 0 Å². The second-order valence-corrected chi connectivity index (χ2v) is 3.48. The van der Waals surface area contributed by atoms with Crippen LogP contribution in [0.1, 0.15) is 16.6 Å². The van der Waals surface area contributed by atoms with E-state index in [4.69, 9.17) is 2.74 Å². The molecule has 5 heteroatoms. The minimum Gasteiger partial charge on any atom is -0.288 e. The standard InChI is InChI=1S/C11H14N2O3/c1-8(2)9(3)12(14)10-4-6-11(7-5-10)13(15)16/h4-7,9,14H,1H2,2-3H3/i1D2. The number of hydroxylamine groups is 1. The van der Waals surface area contributed by atoms with Gasteiger partial charge in [-0.1, -0.05) is 12.1 Å². The summed E-state index contributed by atoms with van der Waals surface area (Å²) in [4.78, 5) is 9.96. The summed E-state index contributed by atoms with van der Waals surface area (Å²) >= 11 is 0. The molecule has 0 heterocycles. The Morgan fingerprint density at radius 2 is 2.19 bits per heavy atom. The maximum Gasteiger partial charge on any atom is 0.269 e.